The summed E-state index contributed by atoms with van der Waals surface area (Å²) in [5.74, 6) is -3.53. The lowest BCUT2D eigenvalue weighted by atomic mass is 9.43. The number of ketones is 2. The average molecular weight is 416 g/mol. The van der Waals surface area contributed by atoms with E-state index in [0.717, 1.165) is 12.0 Å². The normalized spacial score (nSPS) is 42.3. The van der Waals surface area contributed by atoms with E-state index in [9.17, 15) is 19.2 Å². The Bertz CT molecular complexity index is 929. The standard InChI is InChI=1S/C22H24O8/c1-12-17(24)18(25)22(11-28-13(2)23)16(4-3-6-20(22)10-29-20)21(12)8-15(30-19(21)26)14-5-7-27-9-14/h5,7,9,12,15-16H,3-4,6,8,10-11H2,1-2H3. The fourth-order valence-corrected chi connectivity index (χ4v) is 6.35. The van der Waals surface area contributed by atoms with Crippen molar-refractivity contribution >= 4 is 23.5 Å². The Morgan fingerprint density at radius 3 is 2.70 bits per heavy atom. The third-order valence-electron chi connectivity index (χ3n) is 7.96. The van der Waals surface area contributed by atoms with E-state index < -0.39 is 57.9 Å². The predicted octanol–water partition coefficient (Wildman–Crippen LogP) is 2.16. The average Bonchev–Trinajstić information content (AvgIpc) is 3.15. The highest BCUT2D eigenvalue weighted by Crippen LogP contribution is 2.69. The highest BCUT2D eigenvalue weighted by Gasteiger charge is 2.80. The molecule has 3 heterocycles. The second-order valence-electron chi connectivity index (χ2n) is 9.09. The van der Waals surface area contributed by atoms with Crippen molar-refractivity contribution in [3.63, 3.8) is 0 Å². The molecule has 2 spiro atoms. The Kier molecular flexibility index (Phi) is 4.07. The molecule has 0 aromatic carbocycles. The van der Waals surface area contributed by atoms with Gasteiger partial charge in [-0.1, -0.05) is 13.3 Å². The maximum atomic E-state index is 13.5. The van der Waals surface area contributed by atoms with Crippen molar-refractivity contribution in [1.82, 2.24) is 0 Å². The fraction of sp³-hybridized carbons (Fsp3) is 0.636. The van der Waals surface area contributed by atoms with Crippen LogP contribution in [0, 0.1) is 22.7 Å². The predicted molar refractivity (Wildman–Crippen MR) is 98.9 cm³/mol. The number of hydrogen-bond acceptors (Lipinski definition) is 8. The second-order valence-corrected chi connectivity index (χ2v) is 9.09. The zero-order valence-corrected chi connectivity index (χ0v) is 17.0. The molecule has 0 bridgehead atoms. The molecule has 2 aliphatic heterocycles. The van der Waals surface area contributed by atoms with Gasteiger partial charge in [-0.3, -0.25) is 19.2 Å². The summed E-state index contributed by atoms with van der Waals surface area (Å²) >= 11 is 0. The lowest BCUT2D eigenvalue weighted by Crippen LogP contribution is -2.69. The van der Waals surface area contributed by atoms with Crippen LogP contribution in [0.15, 0.2) is 23.0 Å². The molecule has 160 valence electrons. The minimum Gasteiger partial charge on any atom is -0.472 e. The fourth-order valence-electron chi connectivity index (χ4n) is 6.35. The van der Waals surface area contributed by atoms with E-state index in [4.69, 9.17) is 18.6 Å². The first-order valence-electron chi connectivity index (χ1n) is 10.4. The van der Waals surface area contributed by atoms with Gasteiger partial charge in [-0.25, -0.2) is 0 Å². The van der Waals surface area contributed by atoms with Crippen molar-refractivity contribution in [3.8, 4) is 0 Å². The maximum absolute atomic E-state index is 13.5. The van der Waals surface area contributed by atoms with Crippen LogP contribution in [0.5, 0.6) is 0 Å². The summed E-state index contributed by atoms with van der Waals surface area (Å²) in [5.41, 5.74) is -2.67. The Morgan fingerprint density at radius 2 is 2.07 bits per heavy atom. The van der Waals surface area contributed by atoms with Crippen molar-refractivity contribution in [2.75, 3.05) is 13.2 Å². The molecular formula is C22H24O8. The van der Waals surface area contributed by atoms with E-state index in [-0.39, 0.29) is 13.0 Å². The monoisotopic (exact) mass is 416 g/mol. The van der Waals surface area contributed by atoms with Crippen LogP contribution >= 0.6 is 0 Å². The zero-order chi connectivity index (χ0) is 21.3. The molecule has 4 aliphatic rings. The maximum Gasteiger partial charge on any atom is 0.313 e. The van der Waals surface area contributed by atoms with Gasteiger partial charge in [0.25, 0.3) is 0 Å². The van der Waals surface area contributed by atoms with Crippen molar-refractivity contribution in [2.45, 2.75) is 51.2 Å². The van der Waals surface area contributed by atoms with E-state index in [2.05, 4.69) is 0 Å². The smallest absolute Gasteiger partial charge is 0.313 e. The Labute approximate surface area is 173 Å². The molecule has 8 nitrogen and oxygen atoms in total. The first-order chi connectivity index (χ1) is 14.3. The van der Waals surface area contributed by atoms with E-state index in [0.29, 0.717) is 19.4 Å². The molecule has 5 rings (SSSR count). The van der Waals surface area contributed by atoms with Crippen LogP contribution in [0.4, 0.5) is 0 Å². The summed E-state index contributed by atoms with van der Waals surface area (Å²) in [6.07, 6.45) is 4.66. The Balaban J connectivity index is 1.65. The van der Waals surface area contributed by atoms with Crippen molar-refractivity contribution in [2.24, 2.45) is 22.7 Å². The van der Waals surface area contributed by atoms with E-state index in [1.54, 1.807) is 13.0 Å². The van der Waals surface area contributed by atoms with Gasteiger partial charge in [0.15, 0.2) is 0 Å². The number of rotatable bonds is 3. The Hall–Kier alpha value is -2.48. The lowest BCUT2D eigenvalue weighted by Gasteiger charge is -2.56. The molecule has 2 saturated carbocycles. The molecular weight excluding hydrogens is 392 g/mol. The van der Waals surface area contributed by atoms with Crippen LogP contribution in [0.1, 0.15) is 51.2 Å². The molecule has 1 aromatic rings. The molecule has 30 heavy (non-hydrogen) atoms. The van der Waals surface area contributed by atoms with Gasteiger partial charge in [-0.05, 0) is 24.8 Å². The van der Waals surface area contributed by atoms with Gasteiger partial charge in [-0.2, -0.15) is 0 Å². The summed E-state index contributed by atoms with van der Waals surface area (Å²) in [7, 11) is 0. The highest BCUT2D eigenvalue weighted by atomic mass is 16.6. The summed E-state index contributed by atoms with van der Waals surface area (Å²) in [4.78, 5) is 51.9. The molecule has 6 atom stereocenters. The van der Waals surface area contributed by atoms with Gasteiger partial charge in [-0.15, -0.1) is 0 Å². The second kappa shape index (κ2) is 6.26. The number of hydrogen-bond donors (Lipinski definition) is 0. The van der Waals surface area contributed by atoms with Gasteiger partial charge >= 0.3 is 11.9 Å². The Morgan fingerprint density at radius 1 is 1.30 bits per heavy atom. The summed E-state index contributed by atoms with van der Waals surface area (Å²) in [6, 6.07) is 1.73. The largest absolute Gasteiger partial charge is 0.472 e. The number of esters is 2. The van der Waals surface area contributed by atoms with Crippen LogP contribution in [0.3, 0.4) is 0 Å². The molecule has 0 radical (unpaired) electrons. The van der Waals surface area contributed by atoms with Gasteiger partial charge in [0.2, 0.25) is 11.6 Å². The van der Waals surface area contributed by atoms with Crippen molar-refractivity contribution < 1.29 is 37.8 Å². The minimum absolute atomic E-state index is 0.254. The molecule has 8 heteroatoms. The topological polar surface area (TPSA) is 112 Å². The molecule has 2 aliphatic carbocycles. The first kappa shape index (κ1) is 19.5. The third kappa shape index (κ3) is 2.25. The summed E-state index contributed by atoms with van der Waals surface area (Å²) in [5, 5.41) is 0. The van der Waals surface area contributed by atoms with Crippen molar-refractivity contribution in [3.05, 3.63) is 24.2 Å². The SMILES string of the molecule is CC(=O)OCC12C(=O)C(=O)C(C)C3(CC(c4ccoc4)OC3=O)C1CCCC21CO1. The number of fused-ring (bicyclic) bond motifs is 3. The number of Topliss-reactive ketones (excluding diaryl/α,β-unsaturated/α-hetero) is 2. The number of carbonyl (C=O) groups excluding carboxylic acids is 4. The van der Waals surface area contributed by atoms with Gasteiger partial charge in [0, 0.05) is 24.8 Å². The number of ether oxygens (including phenoxy) is 3. The van der Waals surface area contributed by atoms with Gasteiger partial charge in [0.05, 0.1) is 24.5 Å². The number of carbonyl (C=O) groups is 4. The molecule has 0 N–H and O–H groups in total. The van der Waals surface area contributed by atoms with Crippen molar-refractivity contribution in [1.29, 1.82) is 0 Å². The summed E-state index contributed by atoms with van der Waals surface area (Å²) < 4.78 is 22.0. The van der Waals surface area contributed by atoms with Crippen LogP contribution < -0.4 is 0 Å². The first-order valence-corrected chi connectivity index (χ1v) is 10.4. The number of epoxide rings is 1. The number of cyclic esters (lactones) is 1. The molecule has 1 aromatic heterocycles. The quantitative estimate of drug-likeness (QED) is 0.419. The van der Waals surface area contributed by atoms with E-state index in [1.165, 1.54) is 19.5 Å². The van der Waals surface area contributed by atoms with E-state index >= 15 is 0 Å². The van der Waals surface area contributed by atoms with Crippen LogP contribution in [0.25, 0.3) is 0 Å². The molecule has 6 unspecified atom stereocenters. The number of furan rings is 1. The van der Waals surface area contributed by atoms with Crippen LogP contribution in [0.2, 0.25) is 0 Å². The van der Waals surface area contributed by atoms with Crippen LogP contribution in [-0.4, -0.2) is 42.3 Å². The highest BCUT2D eigenvalue weighted by molar-refractivity contribution is 6.42. The lowest BCUT2D eigenvalue weighted by molar-refractivity contribution is -0.191. The van der Waals surface area contributed by atoms with Gasteiger partial charge < -0.3 is 18.6 Å². The minimum atomic E-state index is -1.36. The molecule has 4 fully saturated rings. The zero-order valence-electron chi connectivity index (χ0n) is 17.0. The van der Waals surface area contributed by atoms with E-state index in [1.807, 2.05) is 0 Å². The molecule has 0 amide bonds. The molecule has 2 saturated heterocycles. The summed E-state index contributed by atoms with van der Waals surface area (Å²) in [6.45, 7) is 2.97. The van der Waals surface area contributed by atoms with Gasteiger partial charge in [0.1, 0.15) is 23.7 Å². The third-order valence-corrected chi connectivity index (χ3v) is 7.96. The van der Waals surface area contributed by atoms with Crippen LogP contribution in [-0.2, 0) is 33.4 Å².